The third-order valence-electron chi connectivity index (χ3n) is 3.50. The second-order valence-electron chi connectivity index (χ2n) is 4.75. The second kappa shape index (κ2) is 4.45. The standard InChI is InChI=1S/C12H18N6/c1-14-10-6-15-12-9(5-16-17-12)11(10)18-4-2-3-8(13)7-18/h5-6,8,14H,2-4,7,13H2,1H3,(H,15,16,17). The molecule has 1 aliphatic rings. The Kier molecular flexibility index (Phi) is 2.79. The number of fused-ring (bicyclic) bond motifs is 1. The van der Waals surface area contributed by atoms with Crippen LogP contribution in [0.15, 0.2) is 12.4 Å². The largest absolute Gasteiger partial charge is 0.385 e. The Morgan fingerprint density at radius 3 is 3.17 bits per heavy atom. The van der Waals surface area contributed by atoms with Crippen LogP contribution in [0.4, 0.5) is 11.4 Å². The molecule has 4 N–H and O–H groups in total. The Labute approximate surface area is 106 Å². The van der Waals surface area contributed by atoms with E-state index in [1.165, 1.54) is 0 Å². The third kappa shape index (κ3) is 1.78. The summed E-state index contributed by atoms with van der Waals surface area (Å²) >= 11 is 0. The van der Waals surface area contributed by atoms with Crippen LogP contribution in [0.5, 0.6) is 0 Å². The van der Waals surface area contributed by atoms with Gasteiger partial charge in [0.15, 0.2) is 5.65 Å². The SMILES string of the molecule is CNc1cnc2[nH]ncc2c1N1CCCC(N)C1. The fourth-order valence-corrected chi connectivity index (χ4v) is 2.62. The van der Waals surface area contributed by atoms with E-state index in [0.29, 0.717) is 0 Å². The summed E-state index contributed by atoms with van der Waals surface area (Å²) in [5, 5.41) is 11.2. The van der Waals surface area contributed by atoms with Crippen molar-refractivity contribution in [2.45, 2.75) is 18.9 Å². The molecule has 1 atom stereocenters. The number of hydrogen-bond acceptors (Lipinski definition) is 5. The Hall–Kier alpha value is -1.82. The molecule has 0 aromatic carbocycles. The number of H-pyrrole nitrogens is 1. The van der Waals surface area contributed by atoms with Crippen LogP contribution in [0.3, 0.4) is 0 Å². The van der Waals surface area contributed by atoms with Crippen molar-refractivity contribution >= 4 is 22.4 Å². The number of nitrogens with two attached hydrogens (primary N) is 1. The predicted molar refractivity (Wildman–Crippen MR) is 72.9 cm³/mol. The first-order valence-electron chi connectivity index (χ1n) is 6.30. The number of aromatic amines is 1. The van der Waals surface area contributed by atoms with Gasteiger partial charge in [-0.25, -0.2) is 4.98 Å². The fourth-order valence-electron chi connectivity index (χ4n) is 2.62. The van der Waals surface area contributed by atoms with Crippen molar-refractivity contribution in [1.82, 2.24) is 15.2 Å². The minimum Gasteiger partial charge on any atom is -0.385 e. The van der Waals surface area contributed by atoms with Crippen molar-refractivity contribution < 1.29 is 0 Å². The van der Waals surface area contributed by atoms with Crippen molar-refractivity contribution in [2.75, 3.05) is 30.4 Å². The summed E-state index contributed by atoms with van der Waals surface area (Å²) in [7, 11) is 1.91. The van der Waals surface area contributed by atoms with Gasteiger partial charge in [-0.05, 0) is 12.8 Å². The number of nitrogens with zero attached hydrogens (tertiary/aromatic N) is 3. The maximum Gasteiger partial charge on any atom is 0.157 e. The van der Waals surface area contributed by atoms with Crippen LogP contribution >= 0.6 is 0 Å². The molecule has 96 valence electrons. The van der Waals surface area contributed by atoms with Crippen molar-refractivity contribution in [2.24, 2.45) is 5.73 Å². The van der Waals surface area contributed by atoms with Gasteiger partial charge in [0.25, 0.3) is 0 Å². The van der Waals surface area contributed by atoms with Crippen molar-refractivity contribution in [3.63, 3.8) is 0 Å². The number of hydrogen-bond donors (Lipinski definition) is 3. The number of aromatic nitrogens is 3. The van der Waals surface area contributed by atoms with Crippen molar-refractivity contribution in [3.8, 4) is 0 Å². The first kappa shape index (κ1) is 11.3. The lowest BCUT2D eigenvalue weighted by Crippen LogP contribution is -2.43. The van der Waals surface area contributed by atoms with E-state index in [2.05, 4.69) is 25.4 Å². The van der Waals surface area contributed by atoms with Crippen LogP contribution < -0.4 is 16.0 Å². The number of nitrogens with one attached hydrogen (secondary N) is 2. The highest BCUT2D eigenvalue weighted by Crippen LogP contribution is 2.33. The lowest BCUT2D eigenvalue weighted by molar-refractivity contribution is 0.507. The molecule has 1 aliphatic heterocycles. The average Bonchev–Trinajstić information content (AvgIpc) is 2.85. The minimum absolute atomic E-state index is 0.249. The molecule has 1 fully saturated rings. The van der Waals surface area contributed by atoms with Crippen LogP contribution in [0, 0.1) is 0 Å². The van der Waals surface area contributed by atoms with Gasteiger partial charge >= 0.3 is 0 Å². The maximum atomic E-state index is 6.07. The summed E-state index contributed by atoms with van der Waals surface area (Å²) in [6, 6.07) is 0.249. The van der Waals surface area contributed by atoms with Crippen LogP contribution in [0.2, 0.25) is 0 Å². The second-order valence-corrected chi connectivity index (χ2v) is 4.75. The van der Waals surface area contributed by atoms with Gasteiger partial charge in [0.1, 0.15) is 0 Å². The Bertz CT molecular complexity index is 548. The van der Waals surface area contributed by atoms with Crippen LogP contribution in [0.1, 0.15) is 12.8 Å². The summed E-state index contributed by atoms with van der Waals surface area (Å²) in [5.41, 5.74) is 9.08. The number of anilines is 2. The Morgan fingerprint density at radius 2 is 2.39 bits per heavy atom. The van der Waals surface area contributed by atoms with E-state index in [1.54, 1.807) is 0 Å². The Morgan fingerprint density at radius 1 is 1.50 bits per heavy atom. The van der Waals surface area contributed by atoms with E-state index in [1.807, 2.05) is 19.4 Å². The molecular weight excluding hydrogens is 228 g/mol. The highest BCUT2D eigenvalue weighted by molar-refractivity contribution is 5.96. The highest BCUT2D eigenvalue weighted by Gasteiger charge is 2.22. The van der Waals surface area contributed by atoms with Gasteiger partial charge in [-0.2, -0.15) is 5.10 Å². The summed E-state index contributed by atoms with van der Waals surface area (Å²) < 4.78 is 0. The molecule has 0 radical (unpaired) electrons. The van der Waals surface area contributed by atoms with E-state index in [4.69, 9.17) is 5.73 Å². The maximum absolute atomic E-state index is 6.07. The molecule has 0 bridgehead atoms. The molecular formula is C12H18N6. The van der Waals surface area contributed by atoms with Gasteiger partial charge in [0.2, 0.25) is 0 Å². The molecule has 6 heteroatoms. The zero-order chi connectivity index (χ0) is 12.5. The molecule has 6 nitrogen and oxygen atoms in total. The molecule has 0 spiro atoms. The summed E-state index contributed by atoms with van der Waals surface area (Å²) in [6.45, 7) is 1.92. The van der Waals surface area contributed by atoms with Crippen LogP contribution in [-0.2, 0) is 0 Å². The summed E-state index contributed by atoms with van der Waals surface area (Å²) in [5.74, 6) is 0. The quantitative estimate of drug-likeness (QED) is 0.734. The van der Waals surface area contributed by atoms with Crippen LogP contribution in [-0.4, -0.2) is 41.4 Å². The molecule has 2 aromatic heterocycles. The van der Waals surface area contributed by atoms with Crippen molar-refractivity contribution in [3.05, 3.63) is 12.4 Å². The number of pyridine rings is 1. The summed E-state index contributed by atoms with van der Waals surface area (Å²) in [6.07, 6.45) is 5.91. The predicted octanol–water partition coefficient (Wildman–Crippen LogP) is 0.927. The summed E-state index contributed by atoms with van der Waals surface area (Å²) in [4.78, 5) is 6.68. The van der Waals surface area contributed by atoms with E-state index in [9.17, 15) is 0 Å². The lowest BCUT2D eigenvalue weighted by atomic mass is 10.1. The number of rotatable bonds is 2. The Balaban J connectivity index is 2.10. The van der Waals surface area contributed by atoms with E-state index in [0.717, 1.165) is 48.3 Å². The van der Waals surface area contributed by atoms with Gasteiger partial charge in [0.05, 0.1) is 29.2 Å². The first-order valence-corrected chi connectivity index (χ1v) is 6.30. The smallest absolute Gasteiger partial charge is 0.157 e. The normalized spacial score (nSPS) is 20.3. The monoisotopic (exact) mass is 246 g/mol. The fraction of sp³-hybridized carbons (Fsp3) is 0.500. The first-order chi connectivity index (χ1) is 8.79. The average molecular weight is 246 g/mol. The van der Waals surface area contributed by atoms with Gasteiger partial charge in [0, 0.05) is 26.2 Å². The molecule has 0 saturated carbocycles. The van der Waals surface area contributed by atoms with Gasteiger partial charge < -0.3 is 16.0 Å². The molecule has 1 unspecified atom stereocenters. The molecule has 3 heterocycles. The zero-order valence-electron chi connectivity index (χ0n) is 10.5. The third-order valence-corrected chi connectivity index (χ3v) is 3.50. The van der Waals surface area contributed by atoms with Gasteiger partial charge in [-0.1, -0.05) is 0 Å². The molecule has 1 saturated heterocycles. The van der Waals surface area contributed by atoms with E-state index >= 15 is 0 Å². The van der Waals surface area contributed by atoms with Gasteiger partial charge in [-0.15, -0.1) is 0 Å². The number of piperidine rings is 1. The van der Waals surface area contributed by atoms with Crippen molar-refractivity contribution in [1.29, 1.82) is 0 Å². The van der Waals surface area contributed by atoms with E-state index in [-0.39, 0.29) is 6.04 Å². The lowest BCUT2D eigenvalue weighted by Gasteiger charge is -2.34. The minimum atomic E-state index is 0.249. The molecule has 3 rings (SSSR count). The molecule has 0 amide bonds. The van der Waals surface area contributed by atoms with Gasteiger partial charge in [-0.3, -0.25) is 5.10 Å². The molecule has 18 heavy (non-hydrogen) atoms. The zero-order valence-corrected chi connectivity index (χ0v) is 10.5. The highest BCUT2D eigenvalue weighted by atomic mass is 15.2. The molecule has 0 aliphatic carbocycles. The molecule has 2 aromatic rings. The topological polar surface area (TPSA) is 82.9 Å². The van der Waals surface area contributed by atoms with Crippen LogP contribution in [0.25, 0.3) is 11.0 Å². The van der Waals surface area contributed by atoms with E-state index < -0.39 is 0 Å².